The summed E-state index contributed by atoms with van der Waals surface area (Å²) < 4.78 is 4.49. The Kier molecular flexibility index (Phi) is 2.65. The molecule has 0 aliphatic heterocycles. The highest BCUT2D eigenvalue weighted by atomic mass is 16.5. The van der Waals surface area contributed by atoms with Gasteiger partial charge in [-0.25, -0.2) is 0 Å². The third-order valence-electron chi connectivity index (χ3n) is 1.81. The molecule has 0 bridgehead atoms. The number of carbonyl (C=O) groups excluding carboxylic acids is 1. The van der Waals surface area contributed by atoms with Crippen LogP contribution in [0, 0.1) is 5.92 Å². The third kappa shape index (κ3) is 2.35. The fourth-order valence-electron chi connectivity index (χ4n) is 1.20. The topological polar surface area (TPSA) is 46.5 Å². The van der Waals surface area contributed by atoms with Crippen molar-refractivity contribution in [2.45, 2.75) is 18.9 Å². The van der Waals surface area contributed by atoms with Crippen LogP contribution in [-0.4, -0.2) is 24.3 Å². The summed E-state index contributed by atoms with van der Waals surface area (Å²) in [6.45, 7) is 0. The van der Waals surface area contributed by atoms with E-state index in [0.717, 1.165) is 0 Å². The van der Waals surface area contributed by atoms with E-state index in [1.165, 1.54) is 7.11 Å². The molecule has 0 saturated carbocycles. The van der Waals surface area contributed by atoms with Crippen LogP contribution in [-0.2, 0) is 9.53 Å². The van der Waals surface area contributed by atoms with Gasteiger partial charge in [0.05, 0.1) is 19.6 Å². The van der Waals surface area contributed by atoms with E-state index in [4.69, 9.17) is 5.11 Å². The van der Waals surface area contributed by atoms with Crippen molar-refractivity contribution in [3.05, 3.63) is 12.2 Å². The van der Waals surface area contributed by atoms with Crippen molar-refractivity contribution in [2.24, 2.45) is 5.92 Å². The third-order valence-corrected chi connectivity index (χ3v) is 1.81. The average Bonchev–Trinajstić information content (AvgIpc) is 2.35. The molecule has 0 amide bonds. The van der Waals surface area contributed by atoms with Gasteiger partial charge in [-0.15, -0.1) is 0 Å². The van der Waals surface area contributed by atoms with Crippen LogP contribution in [0.2, 0.25) is 0 Å². The van der Waals surface area contributed by atoms with Crippen LogP contribution in [0.3, 0.4) is 0 Å². The molecule has 62 valence electrons. The number of allylic oxidation sites excluding steroid dienone is 1. The van der Waals surface area contributed by atoms with Crippen LogP contribution in [0.15, 0.2) is 12.2 Å². The zero-order chi connectivity index (χ0) is 8.27. The summed E-state index contributed by atoms with van der Waals surface area (Å²) in [7, 11) is 1.37. The van der Waals surface area contributed by atoms with Gasteiger partial charge in [-0.2, -0.15) is 0 Å². The van der Waals surface area contributed by atoms with Crippen LogP contribution in [0.1, 0.15) is 12.8 Å². The molecular formula is C8H12O3. The van der Waals surface area contributed by atoms with E-state index in [-0.39, 0.29) is 18.0 Å². The Bertz CT molecular complexity index is 174. The summed E-state index contributed by atoms with van der Waals surface area (Å²) >= 11 is 0. The van der Waals surface area contributed by atoms with E-state index in [0.29, 0.717) is 12.8 Å². The molecule has 0 saturated heterocycles. The van der Waals surface area contributed by atoms with Crippen molar-refractivity contribution in [3.63, 3.8) is 0 Å². The summed E-state index contributed by atoms with van der Waals surface area (Å²) in [5.74, 6) is -0.0498. The number of methoxy groups -OCH3 is 1. The van der Waals surface area contributed by atoms with Gasteiger partial charge >= 0.3 is 5.97 Å². The van der Waals surface area contributed by atoms with Crippen molar-refractivity contribution >= 4 is 5.97 Å². The first-order valence-corrected chi connectivity index (χ1v) is 3.65. The molecule has 1 N–H and O–H groups in total. The number of carbonyl (C=O) groups is 1. The molecule has 11 heavy (non-hydrogen) atoms. The highest BCUT2D eigenvalue weighted by molar-refractivity contribution is 5.69. The molecule has 2 atom stereocenters. The first kappa shape index (κ1) is 8.27. The first-order valence-electron chi connectivity index (χ1n) is 3.65. The normalized spacial score (nSPS) is 28.9. The Morgan fingerprint density at radius 3 is 2.91 bits per heavy atom. The summed E-state index contributed by atoms with van der Waals surface area (Å²) in [5.41, 5.74) is 0. The number of rotatable bonds is 2. The number of aliphatic hydroxyl groups excluding tert-OH is 1. The van der Waals surface area contributed by atoms with Crippen molar-refractivity contribution in [2.75, 3.05) is 7.11 Å². The summed E-state index contributed by atoms with van der Waals surface area (Å²) in [4.78, 5) is 10.7. The summed E-state index contributed by atoms with van der Waals surface area (Å²) in [6, 6.07) is 0. The van der Waals surface area contributed by atoms with Crippen LogP contribution < -0.4 is 0 Å². The van der Waals surface area contributed by atoms with Gasteiger partial charge in [0, 0.05) is 0 Å². The van der Waals surface area contributed by atoms with Gasteiger partial charge in [-0.3, -0.25) is 4.79 Å². The fourth-order valence-corrected chi connectivity index (χ4v) is 1.20. The van der Waals surface area contributed by atoms with E-state index in [1.54, 1.807) is 6.08 Å². The maximum absolute atomic E-state index is 10.7. The van der Waals surface area contributed by atoms with Gasteiger partial charge in [0.1, 0.15) is 0 Å². The number of hydrogen-bond donors (Lipinski definition) is 1. The van der Waals surface area contributed by atoms with E-state index in [2.05, 4.69) is 4.74 Å². The molecule has 1 rings (SSSR count). The number of esters is 1. The highest BCUT2D eigenvalue weighted by Gasteiger charge is 2.19. The van der Waals surface area contributed by atoms with E-state index in [1.807, 2.05) is 6.08 Å². The lowest BCUT2D eigenvalue weighted by Crippen LogP contribution is -2.08. The molecule has 0 radical (unpaired) electrons. The van der Waals surface area contributed by atoms with Crippen molar-refractivity contribution in [1.29, 1.82) is 0 Å². The Morgan fingerprint density at radius 1 is 1.73 bits per heavy atom. The molecule has 0 fully saturated rings. The van der Waals surface area contributed by atoms with Gasteiger partial charge in [0.2, 0.25) is 0 Å². The zero-order valence-corrected chi connectivity index (χ0v) is 6.49. The molecule has 0 aromatic rings. The van der Waals surface area contributed by atoms with E-state index >= 15 is 0 Å². The van der Waals surface area contributed by atoms with Gasteiger partial charge in [0.25, 0.3) is 0 Å². The summed E-state index contributed by atoms with van der Waals surface area (Å²) in [5, 5.41) is 9.05. The molecule has 1 aliphatic carbocycles. The average molecular weight is 156 g/mol. The van der Waals surface area contributed by atoms with Crippen LogP contribution in [0.25, 0.3) is 0 Å². The predicted octanol–water partition coefficient (Wildman–Crippen LogP) is 0.486. The monoisotopic (exact) mass is 156 g/mol. The Hall–Kier alpha value is -0.830. The molecule has 0 unspecified atom stereocenters. The Balaban J connectivity index is 2.29. The van der Waals surface area contributed by atoms with Crippen LogP contribution >= 0.6 is 0 Å². The second-order valence-corrected chi connectivity index (χ2v) is 2.73. The van der Waals surface area contributed by atoms with E-state index in [9.17, 15) is 4.79 Å². The molecule has 0 heterocycles. The fraction of sp³-hybridized carbons (Fsp3) is 0.625. The lowest BCUT2D eigenvalue weighted by atomic mass is 10.1. The highest BCUT2D eigenvalue weighted by Crippen LogP contribution is 2.20. The molecule has 0 spiro atoms. The predicted molar refractivity (Wildman–Crippen MR) is 39.9 cm³/mol. The smallest absolute Gasteiger partial charge is 0.306 e. The lowest BCUT2D eigenvalue weighted by molar-refractivity contribution is -0.141. The van der Waals surface area contributed by atoms with Crippen LogP contribution in [0.4, 0.5) is 0 Å². The second kappa shape index (κ2) is 3.53. The largest absolute Gasteiger partial charge is 0.469 e. The maximum Gasteiger partial charge on any atom is 0.306 e. The minimum Gasteiger partial charge on any atom is -0.469 e. The molecule has 0 aromatic heterocycles. The standard InChI is InChI=1S/C8H12O3/c1-11-8(10)5-6-2-3-7(9)4-6/h2-3,6-7,9H,4-5H2,1H3/t6-,7-/m1/s1. The van der Waals surface area contributed by atoms with Crippen LogP contribution in [0.5, 0.6) is 0 Å². The van der Waals surface area contributed by atoms with Crippen molar-refractivity contribution < 1.29 is 14.6 Å². The molecule has 3 heteroatoms. The maximum atomic E-state index is 10.7. The number of hydrogen-bond acceptors (Lipinski definition) is 3. The number of aliphatic hydroxyl groups is 1. The lowest BCUT2D eigenvalue weighted by Gasteiger charge is -2.05. The van der Waals surface area contributed by atoms with Gasteiger partial charge in [-0.05, 0) is 12.3 Å². The quantitative estimate of drug-likeness (QED) is 0.467. The Labute approximate surface area is 65.7 Å². The van der Waals surface area contributed by atoms with Gasteiger partial charge < -0.3 is 9.84 Å². The minimum atomic E-state index is -0.371. The van der Waals surface area contributed by atoms with Crippen molar-refractivity contribution in [1.82, 2.24) is 0 Å². The van der Waals surface area contributed by atoms with Crippen molar-refractivity contribution in [3.8, 4) is 0 Å². The SMILES string of the molecule is COC(=O)C[C@@H]1C=C[C@@H](O)C1. The molecular weight excluding hydrogens is 144 g/mol. The van der Waals surface area contributed by atoms with Gasteiger partial charge in [0.15, 0.2) is 0 Å². The second-order valence-electron chi connectivity index (χ2n) is 2.73. The Morgan fingerprint density at radius 2 is 2.45 bits per heavy atom. The van der Waals surface area contributed by atoms with E-state index < -0.39 is 0 Å². The molecule has 1 aliphatic rings. The molecule has 3 nitrogen and oxygen atoms in total. The molecule has 0 aromatic carbocycles. The minimum absolute atomic E-state index is 0.164. The van der Waals surface area contributed by atoms with Gasteiger partial charge in [-0.1, -0.05) is 12.2 Å². The number of ether oxygens (including phenoxy) is 1. The summed E-state index contributed by atoms with van der Waals surface area (Å²) in [6.07, 6.45) is 4.23. The zero-order valence-electron chi connectivity index (χ0n) is 6.49. The first-order chi connectivity index (χ1) is 5.22.